The predicted octanol–water partition coefficient (Wildman–Crippen LogP) is 2.09. The molecule has 2 aromatic rings. The Labute approximate surface area is 145 Å². The van der Waals surface area contributed by atoms with E-state index in [4.69, 9.17) is 14.3 Å². The summed E-state index contributed by atoms with van der Waals surface area (Å²) < 4.78 is 10.4. The molecule has 1 aliphatic heterocycles. The molecule has 0 aliphatic carbocycles. The first kappa shape index (κ1) is 17.1. The van der Waals surface area contributed by atoms with Crippen LogP contribution in [0.15, 0.2) is 60.7 Å². The molecule has 3 rings (SSSR count). The molecule has 1 aliphatic rings. The molecule has 0 unspecified atom stereocenters. The van der Waals surface area contributed by atoms with Crippen molar-refractivity contribution in [1.29, 1.82) is 0 Å². The number of carbonyl (C=O) groups is 2. The third kappa shape index (κ3) is 3.87. The first-order valence-electron chi connectivity index (χ1n) is 7.94. The van der Waals surface area contributed by atoms with Crippen LogP contribution in [0.1, 0.15) is 11.1 Å². The normalized spacial score (nSPS) is 19.4. The topological polar surface area (TPSA) is 65.1 Å². The quantitative estimate of drug-likeness (QED) is 0.570. The van der Waals surface area contributed by atoms with Crippen molar-refractivity contribution in [1.82, 2.24) is 5.06 Å². The Morgan fingerprint density at radius 2 is 1.52 bits per heavy atom. The van der Waals surface area contributed by atoms with Crippen molar-refractivity contribution in [3.63, 3.8) is 0 Å². The molecule has 0 radical (unpaired) electrons. The summed E-state index contributed by atoms with van der Waals surface area (Å²) in [5.41, 5.74) is 1.81. The summed E-state index contributed by atoms with van der Waals surface area (Å²) in [6, 6.07) is 17.9. The molecule has 0 N–H and O–H groups in total. The molecule has 2 aromatic carbocycles. The van der Waals surface area contributed by atoms with Gasteiger partial charge in [-0.25, -0.2) is 9.86 Å². The van der Waals surface area contributed by atoms with E-state index in [1.807, 2.05) is 60.7 Å². The van der Waals surface area contributed by atoms with Gasteiger partial charge in [-0.3, -0.25) is 9.63 Å². The lowest BCUT2D eigenvalue weighted by atomic mass is 10.0. The summed E-state index contributed by atoms with van der Waals surface area (Å²) >= 11 is 0. The minimum atomic E-state index is -0.900. The molecule has 6 nitrogen and oxygen atoms in total. The number of hydrogen-bond acceptors (Lipinski definition) is 5. The van der Waals surface area contributed by atoms with Crippen LogP contribution >= 0.6 is 0 Å². The van der Waals surface area contributed by atoms with Crippen LogP contribution in [0.2, 0.25) is 0 Å². The van der Waals surface area contributed by atoms with Gasteiger partial charge < -0.3 is 9.47 Å². The van der Waals surface area contributed by atoms with E-state index in [9.17, 15) is 9.59 Å². The zero-order chi connectivity index (χ0) is 17.6. The molecule has 1 heterocycles. The maximum atomic E-state index is 12.3. The molecule has 0 aromatic heterocycles. The van der Waals surface area contributed by atoms with Crippen molar-refractivity contribution in [3.05, 3.63) is 71.8 Å². The lowest BCUT2D eigenvalue weighted by Crippen LogP contribution is -2.68. The Hall–Kier alpha value is -2.70. The van der Waals surface area contributed by atoms with Crippen molar-refractivity contribution in [2.45, 2.75) is 25.4 Å². The third-order valence-electron chi connectivity index (χ3n) is 3.93. The highest BCUT2D eigenvalue weighted by Gasteiger charge is 2.55. The SMILES string of the molecule is COC(=O)[C@@H]1[C@@H](OCc2ccccc2)C(=O)N1OCc1ccccc1. The Kier molecular flexibility index (Phi) is 5.42. The van der Waals surface area contributed by atoms with Crippen molar-refractivity contribution < 1.29 is 23.9 Å². The van der Waals surface area contributed by atoms with Crippen molar-refractivity contribution in [2.75, 3.05) is 7.11 Å². The summed E-state index contributed by atoms with van der Waals surface area (Å²) in [5.74, 6) is -0.951. The van der Waals surface area contributed by atoms with Crippen LogP contribution in [0.3, 0.4) is 0 Å². The smallest absolute Gasteiger partial charge is 0.334 e. The average Bonchev–Trinajstić information content (AvgIpc) is 2.67. The van der Waals surface area contributed by atoms with Gasteiger partial charge in [-0.15, -0.1) is 0 Å². The summed E-state index contributed by atoms with van der Waals surface area (Å²) in [6.45, 7) is 0.419. The average molecular weight is 341 g/mol. The molecule has 1 amide bonds. The molecule has 6 heteroatoms. The Morgan fingerprint density at radius 3 is 2.08 bits per heavy atom. The number of ether oxygens (including phenoxy) is 2. The summed E-state index contributed by atoms with van der Waals surface area (Å²) in [4.78, 5) is 29.8. The van der Waals surface area contributed by atoms with E-state index >= 15 is 0 Å². The van der Waals surface area contributed by atoms with Crippen molar-refractivity contribution in [2.24, 2.45) is 0 Å². The maximum absolute atomic E-state index is 12.3. The number of methoxy groups -OCH3 is 1. The number of benzene rings is 2. The number of amides is 1. The lowest BCUT2D eigenvalue weighted by Gasteiger charge is -2.42. The second-order valence-electron chi connectivity index (χ2n) is 5.61. The van der Waals surface area contributed by atoms with E-state index < -0.39 is 18.1 Å². The van der Waals surface area contributed by atoms with Crippen LogP contribution in [0, 0.1) is 0 Å². The second-order valence-corrected chi connectivity index (χ2v) is 5.61. The molecule has 2 atom stereocenters. The van der Waals surface area contributed by atoms with Crippen molar-refractivity contribution >= 4 is 11.9 Å². The first-order valence-corrected chi connectivity index (χ1v) is 7.94. The van der Waals surface area contributed by atoms with Crippen LogP contribution in [0.4, 0.5) is 0 Å². The second kappa shape index (κ2) is 7.92. The van der Waals surface area contributed by atoms with Gasteiger partial charge >= 0.3 is 5.97 Å². The van der Waals surface area contributed by atoms with E-state index in [-0.39, 0.29) is 19.1 Å². The van der Waals surface area contributed by atoms with Crippen molar-refractivity contribution in [3.8, 4) is 0 Å². The molecule has 1 saturated heterocycles. The van der Waals surface area contributed by atoms with Gasteiger partial charge in [-0.2, -0.15) is 0 Å². The minimum Gasteiger partial charge on any atom is -0.467 e. The summed E-state index contributed by atoms with van der Waals surface area (Å²) in [7, 11) is 1.27. The van der Waals surface area contributed by atoms with Gasteiger partial charge in [0.05, 0.1) is 13.7 Å². The van der Waals surface area contributed by atoms with Gasteiger partial charge in [0.25, 0.3) is 5.91 Å². The van der Waals surface area contributed by atoms with Gasteiger partial charge in [-0.1, -0.05) is 60.7 Å². The minimum absolute atomic E-state index is 0.186. The number of β-lactam (4-membered cyclic amide) rings is 1. The van der Waals surface area contributed by atoms with E-state index in [0.29, 0.717) is 0 Å². The van der Waals surface area contributed by atoms with E-state index in [2.05, 4.69) is 0 Å². The first-order chi connectivity index (χ1) is 12.2. The van der Waals surface area contributed by atoms with Crippen LogP contribution in [-0.2, 0) is 37.1 Å². The highest BCUT2D eigenvalue weighted by molar-refractivity contribution is 5.98. The summed E-state index contributed by atoms with van der Waals surface area (Å²) in [5, 5.41) is 1.04. The molecule has 0 bridgehead atoms. The van der Waals surface area contributed by atoms with Gasteiger partial charge in [0.15, 0.2) is 12.1 Å². The molecular formula is C19H19NO5. The fraction of sp³-hybridized carbons (Fsp3) is 0.263. The molecule has 0 spiro atoms. The fourth-order valence-electron chi connectivity index (χ4n) is 2.56. The highest BCUT2D eigenvalue weighted by atomic mass is 16.7. The number of hydrogen-bond donors (Lipinski definition) is 0. The van der Waals surface area contributed by atoms with Crippen LogP contribution in [-0.4, -0.2) is 36.2 Å². The summed E-state index contributed by atoms with van der Waals surface area (Å²) in [6.07, 6.45) is -0.900. The molecular weight excluding hydrogens is 322 g/mol. The van der Waals surface area contributed by atoms with E-state index in [0.717, 1.165) is 16.2 Å². The standard InChI is InChI=1S/C19H19NO5/c1-23-19(22)16-17(24-12-14-8-4-2-5-9-14)18(21)20(16)25-13-15-10-6-3-7-11-15/h2-11,16-17H,12-13H2,1H3/t16-,17+/m0/s1. The zero-order valence-corrected chi connectivity index (χ0v) is 13.8. The largest absolute Gasteiger partial charge is 0.467 e. The Morgan fingerprint density at radius 1 is 0.960 bits per heavy atom. The maximum Gasteiger partial charge on any atom is 0.334 e. The number of hydroxylamine groups is 2. The van der Waals surface area contributed by atoms with Gasteiger partial charge in [-0.05, 0) is 11.1 Å². The number of rotatable bonds is 7. The number of nitrogens with zero attached hydrogens (tertiary/aromatic N) is 1. The van der Waals surface area contributed by atoms with Gasteiger partial charge in [0.2, 0.25) is 0 Å². The Balaban J connectivity index is 1.62. The molecule has 25 heavy (non-hydrogen) atoms. The Bertz CT molecular complexity index is 666. The predicted molar refractivity (Wildman–Crippen MR) is 88.9 cm³/mol. The van der Waals surface area contributed by atoms with Crippen LogP contribution in [0.25, 0.3) is 0 Å². The van der Waals surface area contributed by atoms with E-state index in [1.165, 1.54) is 7.11 Å². The molecule has 1 fully saturated rings. The van der Waals surface area contributed by atoms with Crippen LogP contribution in [0.5, 0.6) is 0 Å². The van der Waals surface area contributed by atoms with Crippen LogP contribution < -0.4 is 0 Å². The van der Waals surface area contributed by atoms with E-state index in [1.54, 1.807) is 0 Å². The molecule has 130 valence electrons. The van der Waals surface area contributed by atoms with Gasteiger partial charge in [0.1, 0.15) is 6.61 Å². The number of carbonyl (C=O) groups excluding carboxylic acids is 2. The monoisotopic (exact) mass is 341 g/mol. The number of esters is 1. The molecule has 0 saturated carbocycles. The third-order valence-corrected chi connectivity index (χ3v) is 3.93. The van der Waals surface area contributed by atoms with Gasteiger partial charge in [0, 0.05) is 0 Å². The highest BCUT2D eigenvalue weighted by Crippen LogP contribution is 2.26. The fourth-order valence-corrected chi connectivity index (χ4v) is 2.56. The lowest BCUT2D eigenvalue weighted by molar-refractivity contribution is -0.266. The zero-order valence-electron chi connectivity index (χ0n) is 13.8.